The van der Waals surface area contributed by atoms with Crippen LogP contribution in [0.1, 0.15) is 5.82 Å². The van der Waals surface area contributed by atoms with Gasteiger partial charge in [-0.05, 0) is 0 Å². The molecule has 0 atom stereocenters. The molecule has 2 heterocycles. The Morgan fingerprint density at radius 2 is 2.46 bits per heavy atom. The van der Waals surface area contributed by atoms with Crippen molar-refractivity contribution in [3.63, 3.8) is 0 Å². The minimum atomic E-state index is -0.204. The Morgan fingerprint density at radius 1 is 1.62 bits per heavy atom. The highest BCUT2D eigenvalue weighted by molar-refractivity contribution is 4.78. The molecule has 2 aromatic heterocycles. The topological polar surface area (TPSA) is 94.3 Å². The van der Waals surface area contributed by atoms with Gasteiger partial charge in [-0.1, -0.05) is 5.21 Å². The van der Waals surface area contributed by atoms with Gasteiger partial charge in [0.1, 0.15) is 12.9 Å². The molecule has 8 heteroatoms. The van der Waals surface area contributed by atoms with Crippen LogP contribution in [0.25, 0.3) is 0 Å². The van der Waals surface area contributed by atoms with E-state index in [4.69, 9.17) is 0 Å². The third kappa shape index (κ3) is 1.33. The molecule has 2 aromatic rings. The van der Waals surface area contributed by atoms with Gasteiger partial charge in [0.05, 0.1) is 0 Å². The molecule has 0 aliphatic heterocycles. The van der Waals surface area contributed by atoms with E-state index in [2.05, 4.69) is 25.7 Å². The summed E-state index contributed by atoms with van der Waals surface area (Å²) in [6.45, 7) is 0.232. The second-order valence-corrected chi connectivity index (χ2v) is 2.51. The summed E-state index contributed by atoms with van der Waals surface area (Å²) in [6.07, 6.45) is 1.43. The standard InChI is InChI=1S/C5H7N7O/c1-11-3-6-12(5(11)13)2-4-7-9-10-8-4/h3H,2H2,1H3,(H,7,8,9,10). The lowest BCUT2D eigenvalue weighted by Gasteiger charge is -1.91. The number of nitrogens with zero attached hydrogens (tertiary/aromatic N) is 6. The van der Waals surface area contributed by atoms with Crippen LogP contribution in [0.3, 0.4) is 0 Å². The van der Waals surface area contributed by atoms with E-state index >= 15 is 0 Å². The summed E-state index contributed by atoms with van der Waals surface area (Å²) in [6, 6.07) is 0. The van der Waals surface area contributed by atoms with Gasteiger partial charge in [0.2, 0.25) is 0 Å². The number of tetrazole rings is 1. The molecular weight excluding hydrogens is 174 g/mol. The molecule has 13 heavy (non-hydrogen) atoms. The third-order valence-corrected chi connectivity index (χ3v) is 1.57. The largest absolute Gasteiger partial charge is 0.345 e. The number of hydrogen-bond donors (Lipinski definition) is 1. The number of aromatic amines is 1. The summed E-state index contributed by atoms with van der Waals surface area (Å²) in [7, 11) is 1.63. The van der Waals surface area contributed by atoms with Crippen molar-refractivity contribution in [3.05, 3.63) is 22.6 Å². The van der Waals surface area contributed by atoms with Crippen LogP contribution in [-0.4, -0.2) is 35.0 Å². The predicted octanol–water partition coefficient (Wildman–Crippen LogP) is -1.86. The van der Waals surface area contributed by atoms with Crippen LogP contribution in [0.2, 0.25) is 0 Å². The third-order valence-electron chi connectivity index (χ3n) is 1.57. The number of rotatable bonds is 2. The summed E-state index contributed by atoms with van der Waals surface area (Å²) in [5.41, 5.74) is -0.204. The van der Waals surface area contributed by atoms with Crippen molar-refractivity contribution in [2.24, 2.45) is 7.05 Å². The summed E-state index contributed by atoms with van der Waals surface area (Å²) in [4.78, 5) is 11.3. The molecule has 0 bridgehead atoms. The number of H-pyrrole nitrogens is 1. The number of aryl methyl sites for hydroxylation is 1. The van der Waals surface area contributed by atoms with Crippen molar-refractivity contribution in [1.82, 2.24) is 35.0 Å². The molecule has 0 aliphatic carbocycles. The van der Waals surface area contributed by atoms with Crippen molar-refractivity contribution < 1.29 is 0 Å². The molecule has 0 saturated heterocycles. The Labute approximate surface area is 72.2 Å². The Balaban J connectivity index is 2.29. The molecule has 0 aromatic carbocycles. The molecule has 2 rings (SSSR count). The molecule has 0 aliphatic rings. The average molecular weight is 181 g/mol. The maximum Gasteiger partial charge on any atom is 0.345 e. The number of aromatic nitrogens is 7. The fourth-order valence-corrected chi connectivity index (χ4v) is 0.913. The molecule has 0 radical (unpaired) electrons. The van der Waals surface area contributed by atoms with Gasteiger partial charge in [-0.2, -0.15) is 10.3 Å². The average Bonchev–Trinajstić information content (AvgIpc) is 2.71. The quantitative estimate of drug-likeness (QED) is 0.586. The molecule has 0 fully saturated rings. The van der Waals surface area contributed by atoms with Gasteiger partial charge in [-0.25, -0.2) is 9.48 Å². The van der Waals surface area contributed by atoms with E-state index in [-0.39, 0.29) is 12.2 Å². The first kappa shape index (κ1) is 7.65. The number of hydrogen-bond acceptors (Lipinski definition) is 5. The zero-order valence-electron chi connectivity index (χ0n) is 6.88. The van der Waals surface area contributed by atoms with Crippen molar-refractivity contribution in [1.29, 1.82) is 0 Å². The van der Waals surface area contributed by atoms with Crippen molar-refractivity contribution in [2.75, 3.05) is 0 Å². The second-order valence-electron chi connectivity index (χ2n) is 2.51. The Bertz CT molecular complexity index is 438. The van der Waals surface area contributed by atoms with E-state index in [1.165, 1.54) is 15.6 Å². The van der Waals surface area contributed by atoms with Crippen molar-refractivity contribution in [3.8, 4) is 0 Å². The lowest BCUT2D eigenvalue weighted by molar-refractivity contribution is 0.622. The summed E-state index contributed by atoms with van der Waals surface area (Å²) in [5.74, 6) is 0.431. The van der Waals surface area contributed by atoms with Crippen LogP contribution in [0, 0.1) is 0 Å². The minimum absolute atomic E-state index is 0.204. The van der Waals surface area contributed by atoms with Crippen LogP contribution >= 0.6 is 0 Å². The molecule has 0 spiro atoms. The molecular formula is C5H7N7O. The Kier molecular flexibility index (Phi) is 1.65. The molecule has 0 amide bonds. The fraction of sp³-hybridized carbons (Fsp3) is 0.400. The SMILES string of the molecule is Cn1cnn(Cc2nn[nH]n2)c1=O. The van der Waals surface area contributed by atoms with Crippen LogP contribution < -0.4 is 5.69 Å². The molecule has 0 saturated carbocycles. The van der Waals surface area contributed by atoms with E-state index in [0.717, 1.165) is 0 Å². The smallest absolute Gasteiger partial charge is 0.285 e. The molecule has 68 valence electrons. The first-order valence-electron chi connectivity index (χ1n) is 3.58. The normalized spacial score (nSPS) is 10.5. The highest BCUT2D eigenvalue weighted by atomic mass is 16.2. The Morgan fingerprint density at radius 3 is 3.00 bits per heavy atom. The highest BCUT2D eigenvalue weighted by Crippen LogP contribution is 1.85. The molecule has 0 unspecified atom stereocenters. The predicted molar refractivity (Wildman–Crippen MR) is 40.7 cm³/mol. The summed E-state index contributed by atoms with van der Waals surface area (Å²) in [5, 5.41) is 16.9. The Hall–Kier alpha value is -1.99. The van der Waals surface area contributed by atoms with Gasteiger partial charge in [0, 0.05) is 7.05 Å². The van der Waals surface area contributed by atoms with Gasteiger partial charge < -0.3 is 0 Å². The van der Waals surface area contributed by atoms with E-state index < -0.39 is 0 Å². The lowest BCUT2D eigenvalue weighted by atomic mass is 10.6. The van der Waals surface area contributed by atoms with E-state index in [1.54, 1.807) is 7.05 Å². The fourth-order valence-electron chi connectivity index (χ4n) is 0.913. The molecule has 8 nitrogen and oxygen atoms in total. The van der Waals surface area contributed by atoms with Crippen molar-refractivity contribution >= 4 is 0 Å². The van der Waals surface area contributed by atoms with Crippen molar-refractivity contribution in [2.45, 2.75) is 6.54 Å². The summed E-state index contributed by atoms with van der Waals surface area (Å²) >= 11 is 0. The zero-order valence-corrected chi connectivity index (χ0v) is 6.88. The minimum Gasteiger partial charge on any atom is -0.285 e. The van der Waals surface area contributed by atoms with Gasteiger partial charge in [0.15, 0.2) is 5.82 Å². The van der Waals surface area contributed by atoms with Crippen LogP contribution in [0.5, 0.6) is 0 Å². The van der Waals surface area contributed by atoms with Gasteiger partial charge >= 0.3 is 5.69 Å². The molecule has 1 N–H and O–H groups in total. The maximum atomic E-state index is 11.3. The highest BCUT2D eigenvalue weighted by Gasteiger charge is 2.04. The van der Waals surface area contributed by atoms with E-state index in [0.29, 0.717) is 5.82 Å². The zero-order chi connectivity index (χ0) is 9.26. The maximum absolute atomic E-state index is 11.3. The van der Waals surface area contributed by atoms with Crippen LogP contribution in [-0.2, 0) is 13.6 Å². The van der Waals surface area contributed by atoms with Crippen LogP contribution in [0.15, 0.2) is 11.1 Å². The van der Waals surface area contributed by atoms with E-state index in [9.17, 15) is 4.79 Å². The summed E-state index contributed by atoms with van der Waals surface area (Å²) < 4.78 is 2.63. The lowest BCUT2D eigenvalue weighted by Crippen LogP contribution is -2.23. The van der Waals surface area contributed by atoms with Crippen LogP contribution in [0.4, 0.5) is 0 Å². The van der Waals surface area contributed by atoms with Gasteiger partial charge in [-0.15, -0.1) is 10.2 Å². The first-order valence-corrected chi connectivity index (χ1v) is 3.58. The number of nitrogens with one attached hydrogen (secondary N) is 1. The van der Waals surface area contributed by atoms with Gasteiger partial charge in [0.25, 0.3) is 0 Å². The van der Waals surface area contributed by atoms with Gasteiger partial charge in [-0.3, -0.25) is 4.57 Å². The first-order chi connectivity index (χ1) is 6.27. The monoisotopic (exact) mass is 181 g/mol. The second kappa shape index (κ2) is 2.81. The van der Waals surface area contributed by atoms with E-state index in [1.807, 2.05) is 0 Å².